The van der Waals surface area contributed by atoms with Crippen LogP contribution >= 0.6 is 0 Å². The first-order valence-electron chi connectivity index (χ1n) is 11.1. The van der Waals surface area contributed by atoms with Crippen molar-refractivity contribution in [2.24, 2.45) is 0 Å². The molecule has 0 saturated carbocycles. The quantitative estimate of drug-likeness (QED) is 0.235. The highest BCUT2D eigenvalue weighted by atomic mass is 16.5. The van der Waals surface area contributed by atoms with Gasteiger partial charge in [0.2, 0.25) is 0 Å². The van der Waals surface area contributed by atoms with Gasteiger partial charge in [0.25, 0.3) is 5.91 Å². The predicted molar refractivity (Wildman–Crippen MR) is 135 cm³/mol. The van der Waals surface area contributed by atoms with Crippen LogP contribution in [0.5, 0.6) is 5.75 Å². The maximum absolute atomic E-state index is 13.1. The van der Waals surface area contributed by atoms with Crippen LogP contribution in [-0.4, -0.2) is 40.4 Å². The standard InChI is InChI=1S/C27H23N5O4/c1-4-36-27(34)21-16-29-32(23-13-17(2)20-11-8-12-22(35-3)24(20)30-23)25(21)31-26(33)19(15-28)14-18-9-6-5-7-10-18/h5-14,16H,4H2,1-3H3,(H,31,33)/b19-14+. The maximum Gasteiger partial charge on any atom is 0.343 e. The molecule has 0 aliphatic heterocycles. The van der Waals surface area contributed by atoms with Crippen LogP contribution in [0, 0.1) is 18.3 Å². The Labute approximate surface area is 207 Å². The molecule has 0 bridgehead atoms. The van der Waals surface area contributed by atoms with Crippen molar-refractivity contribution in [3.05, 3.63) is 83.1 Å². The molecule has 0 atom stereocenters. The van der Waals surface area contributed by atoms with E-state index in [2.05, 4.69) is 15.4 Å². The van der Waals surface area contributed by atoms with Crippen molar-refractivity contribution in [2.75, 3.05) is 19.0 Å². The van der Waals surface area contributed by atoms with E-state index < -0.39 is 11.9 Å². The SMILES string of the molecule is CCOC(=O)c1cnn(-c2cc(C)c3cccc(OC)c3n2)c1NC(=O)/C(C#N)=C/c1ccccc1. The van der Waals surface area contributed by atoms with Gasteiger partial charge in [0, 0.05) is 5.39 Å². The molecule has 2 heterocycles. The number of nitrogens with one attached hydrogen (secondary N) is 1. The predicted octanol–water partition coefficient (Wildman–Crippen LogP) is 4.46. The van der Waals surface area contributed by atoms with Gasteiger partial charge in [-0.05, 0) is 43.2 Å². The van der Waals surface area contributed by atoms with Gasteiger partial charge in [0.15, 0.2) is 11.6 Å². The fourth-order valence-corrected chi connectivity index (χ4v) is 3.69. The first-order chi connectivity index (χ1) is 17.5. The number of carbonyl (C=O) groups is 2. The van der Waals surface area contributed by atoms with E-state index in [4.69, 9.17) is 9.47 Å². The number of anilines is 1. The molecular formula is C27H23N5O4. The number of ether oxygens (including phenoxy) is 2. The number of pyridine rings is 1. The minimum Gasteiger partial charge on any atom is -0.494 e. The Morgan fingerprint density at radius 2 is 1.94 bits per heavy atom. The van der Waals surface area contributed by atoms with Gasteiger partial charge >= 0.3 is 5.97 Å². The van der Waals surface area contributed by atoms with Crippen LogP contribution in [0.3, 0.4) is 0 Å². The van der Waals surface area contributed by atoms with Gasteiger partial charge in [-0.15, -0.1) is 0 Å². The second-order valence-corrected chi connectivity index (χ2v) is 7.73. The molecule has 0 spiro atoms. The Morgan fingerprint density at radius 1 is 1.17 bits per heavy atom. The zero-order valence-corrected chi connectivity index (χ0v) is 20.0. The number of nitrogens with zero attached hydrogens (tertiary/aromatic N) is 4. The second kappa shape index (κ2) is 10.5. The molecule has 0 fully saturated rings. The highest BCUT2D eigenvalue weighted by Crippen LogP contribution is 2.29. The fraction of sp³-hybridized carbons (Fsp3) is 0.148. The monoisotopic (exact) mass is 481 g/mol. The van der Waals surface area contributed by atoms with Gasteiger partial charge in [0.05, 0.1) is 19.9 Å². The Hall–Kier alpha value is -4.97. The van der Waals surface area contributed by atoms with Crippen molar-refractivity contribution >= 4 is 34.7 Å². The molecule has 9 nitrogen and oxygen atoms in total. The largest absolute Gasteiger partial charge is 0.494 e. The summed E-state index contributed by atoms with van der Waals surface area (Å²) in [4.78, 5) is 30.5. The van der Waals surface area contributed by atoms with Crippen molar-refractivity contribution in [3.8, 4) is 17.6 Å². The summed E-state index contributed by atoms with van der Waals surface area (Å²) in [5.74, 6) is -0.420. The van der Waals surface area contributed by atoms with Gasteiger partial charge in [0.1, 0.15) is 28.5 Å². The molecule has 9 heteroatoms. The van der Waals surface area contributed by atoms with Crippen LogP contribution in [0.15, 0.2) is 66.4 Å². The smallest absolute Gasteiger partial charge is 0.343 e. The van der Waals surface area contributed by atoms with Gasteiger partial charge in [-0.3, -0.25) is 4.79 Å². The number of amides is 1. The lowest BCUT2D eigenvalue weighted by Gasteiger charge is -2.13. The van der Waals surface area contributed by atoms with Crippen LogP contribution in [0.2, 0.25) is 0 Å². The molecule has 0 saturated heterocycles. The molecule has 36 heavy (non-hydrogen) atoms. The van der Waals surface area contributed by atoms with Gasteiger partial charge in [-0.2, -0.15) is 15.0 Å². The van der Waals surface area contributed by atoms with E-state index in [-0.39, 0.29) is 23.6 Å². The normalized spacial score (nSPS) is 11.1. The number of hydrogen-bond acceptors (Lipinski definition) is 7. The van der Waals surface area contributed by atoms with Crippen LogP contribution in [-0.2, 0) is 9.53 Å². The van der Waals surface area contributed by atoms with Gasteiger partial charge in [-0.25, -0.2) is 9.78 Å². The molecule has 2 aromatic heterocycles. The van der Waals surface area contributed by atoms with E-state index in [1.165, 1.54) is 17.0 Å². The number of aryl methyl sites for hydroxylation is 1. The number of esters is 1. The number of benzene rings is 2. The number of hydrogen-bond donors (Lipinski definition) is 1. The van der Waals surface area contributed by atoms with E-state index in [9.17, 15) is 14.9 Å². The third kappa shape index (κ3) is 4.79. The van der Waals surface area contributed by atoms with Crippen LogP contribution in [0.1, 0.15) is 28.4 Å². The molecule has 0 unspecified atom stereocenters. The van der Waals surface area contributed by atoms with Gasteiger partial charge in [-0.1, -0.05) is 42.5 Å². The summed E-state index contributed by atoms with van der Waals surface area (Å²) < 4.78 is 11.9. The Bertz CT molecular complexity index is 1520. The average molecular weight is 482 g/mol. The van der Waals surface area contributed by atoms with Crippen molar-refractivity contribution in [2.45, 2.75) is 13.8 Å². The number of para-hydroxylation sites is 1. The molecule has 2 aromatic carbocycles. The summed E-state index contributed by atoms with van der Waals surface area (Å²) in [5.41, 5.74) is 2.06. The molecule has 1 amide bonds. The molecule has 0 radical (unpaired) electrons. The van der Waals surface area contributed by atoms with Crippen LogP contribution in [0.25, 0.3) is 22.8 Å². The Morgan fingerprint density at radius 3 is 2.64 bits per heavy atom. The number of fused-ring (bicyclic) bond motifs is 1. The highest BCUT2D eigenvalue weighted by molar-refractivity contribution is 6.11. The van der Waals surface area contributed by atoms with Crippen LogP contribution < -0.4 is 10.1 Å². The lowest BCUT2D eigenvalue weighted by atomic mass is 10.1. The molecule has 4 aromatic rings. The Kier molecular flexibility index (Phi) is 7.07. The van der Waals surface area contributed by atoms with Gasteiger partial charge < -0.3 is 14.8 Å². The first-order valence-corrected chi connectivity index (χ1v) is 11.1. The van der Waals surface area contributed by atoms with E-state index in [1.807, 2.05) is 31.2 Å². The van der Waals surface area contributed by atoms with Crippen molar-refractivity contribution in [1.29, 1.82) is 5.26 Å². The number of aromatic nitrogens is 3. The number of carbonyl (C=O) groups excluding carboxylic acids is 2. The third-order valence-electron chi connectivity index (χ3n) is 5.40. The molecular weight excluding hydrogens is 458 g/mol. The lowest BCUT2D eigenvalue weighted by Crippen LogP contribution is -2.19. The topological polar surface area (TPSA) is 119 Å². The lowest BCUT2D eigenvalue weighted by molar-refractivity contribution is -0.112. The second-order valence-electron chi connectivity index (χ2n) is 7.73. The van der Waals surface area contributed by atoms with E-state index in [0.717, 1.165) is 10.9 Å². The minimum atomic E-state index is -0.705. The fourth-order valence-electron chi connectivity index (χ4n) is 3.69. The number of rotatable bonds is 7. The number of methoxy groups -OCH3 is 1. The summed E-state index contributed by atoms with van der Waals surface area (Å²) in [5, 5.41) is 17.5. The van der Waals surface area contributed by atoms with Crippen LogP contribution in [0.4, 0.5) is 5.82 Å². The average Bonchev–Trinajstić information content (AvgIpc) is 3.31. The molecule has 0 aliphatic carbocycles. The van der Waals surface area contributed by atoms with E-state index in [1.54, 1.807) is 50.4 Å². The molecule has 180 valence electrons. The van der Waals surface area contributed by atoms with E-state index >= 15 is 0 Å². The van der Waals surface area contributed by atoms with Crippen molar-refractivity contribution in [3.63, 3.8) is 0 Å². The van der Waals surface area contributed by atoms with Crippen molar-refractivity contribution < 1.29 is 19.1 Å². The molecule has 0 aliphatic rings. The summed E-state index contributed by atoms with van der Waals surface area (Å²) in [6, 6.07) is 18.3. The summed E-state index contributed by atoms with van der Waals surface area (Å²) in [6.45, 7) is 3.73. The number of nitriles is 1. The summed E-state index contributed by atoms with van der Waals surface area (Å²) in [6.07, 6.45) is 2.76. The summed E-state index contributed by atoms with van der Waals surface area (Å²) >= 11 is 0. The Balaban J connectivity index is 1.82. The highest BCUT2D eigenvalue weighted by Gasteiger charge is 2.24. The summed E-state index contributed by atoms with van der Waals surface area (Å²) in [7, 11) is 1.55. The molecule has 1 N–H and O–H groups in total. The zero-order valence-electron chi connectivity index (χ0n) is 20.0. The third-order valence-corrected chi connectivity index (χ3v) is 5.40. The first kappa shape index (κ1) is 24.2. The van der Waals surface area contributed by atoms with E-state index in [0.29, 0.717) is 22.6 Å². The minimum absolute atomic E-state index is 0.0294. The zero-order chi connectivity index (χ0) is 25.7. The van der Waals surface area contributed by atoms with Crippen molar-refractivity contribution in [1.82, 2.24) is 14.8 Å². The molecule has 4 rings (SSSR count). The maximum atomic E-state index is 13.1.